The van der Waals surface area contributed by atoms with Crippen LogP contribution in [0.2, 0.25) is 0 Å². The molecule has 0 aromatic heterocycles. The van der Waals surface area contributed by atoms with Gasteiger partial charge in [-0.05, 0) is 43.1 Å². The molecule has 2 aromatic carbocycles. The molecule has 3 atom stereocenters. The minimum Gasteiger partial charge on any atom is -0.355 e. The van der Waals surface area contributed by atoms with Crippen molar-refractivity contribution < 1.29 is 9.59 Å². The average molecular weight is 380 g/mol. The third-order valence-electron chi connectivity index (χ3n) is 5.55. The van der Waals surface area contributed by atoms with Gasteiger partial charge in [0.05, 0.1) is 6.04 Å². The van der Waals surface area contributed by atoms with E-state index < -0.39 is 0 Å². The molecule has 0 aliphatic carbocycles. The zero-order valence-electron chi connectivity index (χ0n) is 16.4. The normalized spacial score (nSPS) is 20.5. The number of anilines is 1. The van der Waals surface area contributed by atoms with Crippen LogP contribution in [0.4, 0.5) is 5.69 Å². The summed E-state index contributed by atoms with van der Waals surface area (Å²) in [5.74, 6) is 0.394. The monoisotopic (exact) mass is 380 g/mol. The lowest BCUT2D eigenvalue weighted by Crippen LogP contribution is -2.41. The van der Waals surface area contributed by atoms with Gasteiger partial charge in [-0.25, -0.2) is 0 Å². The van der Waals surface area contributed by atoms with Gasteiger partial charge in [0, 0.05) is 37.3 Å². The lowest BCUT2D eigenvalue weighted by molar-refractivity contribution is -0.120. The van der Waals surface area contributed by atoms with E-state index in [0.717, 1.165) is 13.1 Å². The molecule has 1 unspecified atom stereocenters. The van der Waals surface area contributed by atoms with E-state index in [1.54, 1.807) is 31.3 Å². The van der Waals surface area contributed by atoms with Crippen molar-refractivity contribution in [3.05, 3.63) is 65.7 Å². The second kappa shape index (κ2) is 8.99. The number of nitrogens with two attached hydrogens (primary N) is 1. The van der Waals surface area contributed by atoms with E-state index >= 15 is 0 Å². The van der Waals surface area contributed by atoms with Crippen LogP contribution in [0.15, 0.2) is 54.6 Å². The van der Waals surface area contributed by atoms with E-state index in [1.807, 2.05) is 25.1 Å². The fraction of sp³-hybridized carbons (Fsp3) is 0.364. The van der Waals surface area contributed by atoms with Crippen molar-refractivity contribution in [3.63, 3.8) is 0 Å². The van der Waals surface area contributed by atoms with Crippen LogP contribution in [0.1, 0.15) is 28.8 Å². The van der Waals surface area contributed by atoms with E-state index in [0.29, 0.717) is 29.6 Å². The van der Waals surface area contributed by atoms with Gasteiger partial charge in [-0.15, -0.1) is 0 Å². The van der Waals surface area contributed by atoms with E-state index in [1.165, 1.54) is 5.56 Å². The molecule has 2 aromatic rings. The molecule has 1 heterocycles. The Morgan fingerprint density at radius 2 is 1.89 bits per heavy atom. The maximum atomic E-state index is 12.8. The zero-order chi connectivity index (χ0) is 20.1. The number of likely N-dealkylation sites (tertiary alicyclic amines) is 1. The van der Waals surface area contributed by atoms with E-state index in [9.17, 15) is 9.59 Å². The van der Waals surface area contributed by atoms with Crippen molar-refractivity contribution in [1.82, 2.24) is 10.2 Å². The summed E-state index contributed by atoms with van der Waals surface area (Å²) in [6, 6.07) is 17.0. The van der Waals surface area contributed by atoms with Gasteiger partial charge in [-0.2, -0.15) is 0 Å². The highest BCUT2D eigenvalue weighted by Gasteiger charge is 2.36. The Morgan fingerprint density at radius 1 is 1.14 bits per heavy atom. The SMILES string of the molecule is CNC(=O)c1cccc(NC(=O)C(C)N2C[C@@H](CN)[C@H](c3ccccc3)C2)c1. The van der Waals surface area contributed by atoms with Gasteiger partial charge >= 0.3 is 0 Å². The molecule has 28 heavy (non-hydrogen) atoms. The third-order valence-corrected chi connectivity index (χ3v) is 5.55. The lowest BCUT2D eigenvalue weighted by Gasteiger charge is -2.23. The molecule has 0 saturated carbocycles. The first-order valence-electron chi connectivity index (χ1n) is 9.65. The van der Waals surface area contributed by atoms with Gasteiger partial charge in [0.2, 0.25) is 5.91 Å². The van der Waals surface area contributed by atoms with E-state index in [4.69, 9.17) is 5.73 Å². The average Bonchev–Trinajstić information content (AvgIpc) is 3.17. The number of rotatable bonds is 6. The van der Waals surface area contributed by atoms with Crippen LogP contribution in [-0.4, -0.2) is 49.4 Å². The van der Waals surface area contributed by atoms with Gasteiger partial charge in [-0.3, -0.25) is 14.5 Å². The van der Waals surface area contributed by atoms with Crippen LogP contribution >= 0.6 is 0 Å². The standard InChI is InChI=1S/C22H28N4O2/c1-15(21(27)25-19-10-6-9-17(11-19)22(28)24-2)26-13-18(12-23)20(14-26)16-7-4-3-5-8-16/h3-11,15,18,20H,12-14,23H2,1-2H3,(H,24,28)(H,25,27)/t15?,18-,20+/m1/s1. The van der Waals surface area contributed by atoms with Crippen molar-refractivity contribution in [1.29, 1.82) is 0 Å². The summed E-state index contributed by atoms with van der Waals surface area (Å²) in [4.78, 5) is 26.8. The third kappa shape index (κ3) is 4.40. The number of amides is 2. The van der Waals surface area contributed by atoms with Crippen LogP contribution in [0.3, 0.4) is 0 Å². The molecule has 0 bridgehead atoms. The fourth-order valence-corrected chi connectivity index (χ4v) is 3.83. The maximum Gasteiger partial charge on any atom is 0.251 e. The van der Waals surface area contributed by atoms with Crippen molar-refractivity contribution in [2.75, 3.05) is 32.0 Å². The number of carbonyl (C=O) groups is 2. The molecular formula is C22H28N4O2. The molecule has 0 spiro atoms. The molecule has 1 aliphatic rings. The first-order chi connectivity index (χ1) is 13.5. The minimum atomic E-state index is -0.286. The largest absolute Gasteiger partial charge is 0.355 e. The van der Waals surface area contributed by atoms with Gasteiger partial charge in [0.1, 0.15) is 0 Å². The Labute approximate surface area is 166 Å². The van der Waals surface area contributed by atoms with Crippen molar-refractivity contribution >= 4 is 17.5 Å². The van der Waals surface area contributed by atoms with Crippen LogP contribution in [0, 0.1) is 5.92 Å². The Morgan fingerprint density at radius 3 is 2.57 bits per heavy atom. The predicted molar refractivity (Wildman–Crippen MR) is 111 cm³/mol. The maximum absolute atomic E-state index is 12.8. The number of benzene rings is 2. The molecule has 0 radical (unpaired) electrons. The number of carbonyl (C=O) groups excluding carboxylic acids is 2. The lowest BCUT2D eigenvalue weighted by atomic mass is 9.89. The molecule has 6 heteroatoms. The van der Waals surface area contributed by atoms with Crippen LogP contribution in [0.25, 0.3) is 0 Å². The molecule has 6 nitrogen and oxygen atoms in total. The molecule has 1 saturated heterocycles. The van der Waals surface area contributed by atoms with Crippen LogP contribution in [0.5, 0.6) is 0 Å². The molecule has 1 aliphatic heterocycles. The number of hydrogen-bond acceptors (Lipinski definition) is 4. The fourth-order valence-electron chi connectivity index (χ4n) is 3.83. The van der Waals surface area contributed by atoms with E-state index in [-0.39, 0.29) is 17.9 Å². The molecular weight excluding hydrogens is 352 g/mol. The number of nitrogens with one attached hydrogen (secondary N) is 2. The molecule has 3 rings (SSSR count). The second-order valence-corrected chi connectivity index (χ2v) is 7.29. The smallest absolute Gasteiger partial charge is 0.251 e. The molecule has 4 N–H and O–H groups in total. The Balaban J connectivity index is 1.67. The Bertz CT molecular complexity index is 824. The van der Waals surface area contributed by atoms with Crippen molar-refractivity contribution in [3.8, 4) is 0 Å². The number of hydrogen-bond donors (Lipinski definition) is 3. The Kier molecular flexibility index (Phi) is 6.44. The summed E-state index contributed by atoms with van der Waals surface area (Å²) in [7, 11) is 1.58. The van der Waals surface area contributed by atoms with Crippen molar-refractivity contribution in [2.24, 2.45) is 11.7 Å². The van der Waals surface area contributed by atoms with Crippen LogP contribution < -0.4 is 16.4 Å². The minimum absolute atomic E-state index is 0.0847. The second-order valence-electron chi connectivity index (χ2n) is 7.29. The molecule has 148 valence electrons. The molecule has 2 amide bonds. The topological polar surface area (TPSA) is 87.5 Å². The quantitative estimate of drug-likeness (QED) is 0.716. The first-order valence-corrected chi connectivity index (χ1v) is 9.65. The highest BCUT2D eigenvalue weighted by atomic mass is 16.2. The molecule has 1 fully saturated rings. The zero-order valence-corrected chi connectivity index (χ0v) is 16.4. The summed E-state index contributed by atoms with van der Waals surface area (Å²) in [5.41, 5.74) is 8.42. The number of nitrogens with zero attached hydrogens (tertiary/aromatic N) is 1. The van der Waals surface area contributed by atoms with Gasteiger partial charge in [0.25, 0.3) is 5.91 Å². The first kappa shape index (κ1) is 20.0. The van der Waals surface area contributed by atoms with Gasteiger partial charge < -0.3 is 16.4 Å². The van der Waals surface area contributed by atoms with Crippen molar-refractivity contribution in [2.45, 2.75) is 18.9 Å². The summed E-state index contributed by atoms with van der Waals surface area (Å²) in [6.45, 7) is 4.11. The highest BCUT2D eigenvalue weighted by molar-refractivity contribution is 5.98. The predicted octanol–water partition coefficient (Wildman–Crippen LogP) is 2.05. The van der Waals surface area contributed by atoms with E-state index in [2.05, 4.69) is 27.7 Å². The summed E-state index contributed by atoms with van der Waals surface area (Å²) in [6.07, 6.45) is 0. The summed E-state index contributed by atoms with van der Waals surface area (Å²) >= 11 is 0. The highest BCUT2D eigenvalue weighted by Crippen LogP contribution is 2.33. The van der Waals surface area contributed by atoms with Crippen LogP contribution in [-0.2, 0) is 4.79 Å². The summed E-state index contributed by atoms with van der Waals surface area (Å²) in [5, 5.41) is 5.52. The Hall–Kier alpha value is -2.70. The van der Waals surface area contributed by atoms with Gasteiger partial charge in [0.15, 0.2) is 0 Å². The summed E-state index contributed by atoms with van der Waals surface area (Å²) < 4.78 is 0. The van der Waals surface area contributed by atoms with Gasteiger partial charge in [-0.1, -0.05) is 36.4 Å².